The monoisotopic (exact) mass is 404 g/mol. The van der Waals surface area contributed by atoms with E-state index >= 15 is 0 Å². The Balaban J connectivity index is 1.19. The van der Waals surface area contributed by atoms with Crippen LogP contribution in [0.2, 0.25) is 0 Å². The molecule has 1 aliphatic rings. The van der Waals surface area contributed by atoms with Crippen molar-refractivity contribution in [2.45, 2.75) is 6.54 Å². The van der Waals surface area contributed by atoms with Crippen LogP contribution < -0.4 is 0 Å². The first-order valence-electron chi connectivity index (χ1n) is 10.0. The maximum absolute atomic E-state index is 13.3. The highest BCUT2D eigenvalue weighted by Crippen LogP contribution is 2.15. The number of fused-ring (bicyclic) bond motifs is 2. The third kappa shape index (κ3) is 3.61. The van der Waals surface area contributed by atoms with E-state index in [2.05, 4.69) is 19.9 Å². The summed E-state index contributed by atoms with van der Waals surface area (Å²) in [5, 5.41) is 0. The number of benzene rings is 2. The Morgan fingerprint density at radius 3 is 2.57 bits per heavy atom. The molecule has 0 aliphatic carbocycles. The number of hydrogen-bond donors (Lipinski definition) is 0. The van der Waals surface area contributed by atoms with Gasteiger partial charge in [-0.3, -0.25) is 14.7 Å². The molecule has 30 heavy (non-hydrogen) atoms. The minimum atomic E-state index is -0.273. The number of rotatable bonds is 4. The van der Waals surface area contributed by atoms with Gasteiger partial charge in [-0.25, -0.2) is 14.4 Å². The van der Waals surface area contributed by atoms with Crippen LogP contribution in [0.15, 0.2) is 55.0 Å². The summed E-state index contributed by atoms with van der Waals surface area (Å²) < 4.78 is 15.4. The molecule has 0 atom stereocenters. The highest BCUT2D eigenvalue weighted by Gasteiger charge is 2.23. The predicted octanol–water partition coefficient (Wildman–Crippen LogP) is 2.58. The Kier molecular flexibility index (Phi) is 4.84. The van der Waals surface area contributed by atoms with E-state index in [1.54, 1.807) is 18.6 Å². The van der Waals surface area contributed by atoms with Gasteiger partial charge in [-0.05, 0) is 24.3 Å². The Bertz CT molecular complexity index is 1210. The van der Waals surface area contributed by atoms with Crippen LogP contribution in [0.1, 0.15) is 10.5 Å². The van der Waals surface area contributed by atoms with Crippen LogP contribution >= 0.6 is 0 Å². The lowest BCUT2D eigenvalue weighted by atomic mass is 10.2. The van der Waals surface area contributed by atoms with E-state index in [1.807, 2.05) is 33.7 Å². The molecule has 5 rings (SSSR count). The van der Waals surface area contributed by atoms with E-state index < -0.39 is 0 Å². The fraction of sp³-hybridized carbons (Fsp3) is 0.273. The van der Waals surface area contributed by atoms with E-state index in [-0.39, 0.29) is 11.7 Å². The van der Waals surface area contributed by atoms with E-state index in [9.17, 15) is 9.18 Å². The van der Waals surface area contributed by atoms with Crippen LogP contribution in [0, 0.1) is 5.82 Å². The summed E-state index contributed by atoms with van der Waals surface area (Å²) >= 11 is 0. The Morgan fingerprint density at radius 2 is 1.73 bits per heavy atom. The molecule has 1 amide bonds. The van der Waals surface area contributed by atoms with Gasteiger partial charge in [-0.1, -0.05) is 12.1 Å². The standard InChI is InChI=1S/C22H21FN6O/c23-16-5-6-21-19(13-16)25-15-29(21)12-9-27-7-10-28(11-8-27)22(30)20-14-24-17-3-1-2-4-18(17)26-20/h1-6,13-15H,7-12H2. The normalized spacial score (nSPS) is 15.2. The topological polar surface area (TPSA) is 67.2 Å². The van der Waals surface area contributed by atoms with Crippen molar-refractivity contribution >= 4 is 28.0 Å². The van der Waals surface area contributed by atoms with Gasteiger partial charge in [0.1, 0.15) is 11.5 Å². The summed E-state index contributed by atoms with van der Waals surface area (Å²) in [4.78, 5) is 30.1. The van der Waals surface area contributed by atoms with Crippen molar-refractivity contribution in [2.24, 2.45) is 0 Å². The van der Waals surface area contributed by atoms with Crippen LogP contribution in [0.5, 0.6) is 0 Å². The molecule has 0 saturated carbocycles. The van der Waals surface area contributed by atoms with Crippen LogP contribution in [0.25, 0.3) is 22.1 Å². The summed E-state index contributed by atoms with van der Waals surface area (Å²) in [5.41, 5.74) is 3.50. The maximum atomic E-state index is 13.3. The van der Waals surface area contributed by atoms with Crippen molar-refractivity contribution < 1.29 is 9.18 Å². The Labute approximate surface area is 172 Å². The number of carbonyl (C=O) groups is 1. The Hall–Kier alpha value is -3.39. The number of nitrogens with zero attached hydrogens (tertiary/aromatic N) is 6. The predicted molar refractivity (Wildman–Crippen MR) is 112 cm³/mol. The molecule has 1 saturated heterocycles. The van der Waals surface area contributed by atoms with Gasteiger partial charge in [0.2, 0.25) is 0 Å². The van der Waals surface area contributed by atoms with Gasteiger partial charge >= 0.3 is 0 Å². The van der Waals surface area contributed by atoms with Gasteiger partial charge in [-0.2, -0.15) is 0 Å². The molecule has 0 bridgehead atoms. The molecule has 0 unspecified atom stereocenters. The van der Waals surface area contributed by atoms with Gasteiger partial charge in [-0.15, -0.1) is 0 Å². The quantitative estimate of drug-likeness (QED) is 0.523. The maximum Gasteiger partial charge on any atom is 0.274 e. The second-order valence-corrected chi connectivity index (χ2v) is 7.45. The van der Waals surface area contributed by atoms with Crippen molar-refractivity contribution in [3.8, 4) is 0 Å². The van der Waals surface area contributed by atoms with Gasteiger partial charge in [0.25, 0.3) is 5.91 Å². The molecule has 152 valence electrons. The van der Waals surface area contributed by atoms with Crippen molar-refractivity contribution in [3.63, 3.8) is 0 Å². The van der Waals surface area contributed by atoms with E-state index in [0.29, 0.717) is 24.3 Å². The zero-order valence-corrected chi connectivity index (χ0v) is 16.4. The molecule has 4 aromatic rings. The third-order valence-electron chi connectivity index (χ3n) is 5.57. The van der Waals surface area contributed by atoms with Crippen LogP contribution in [0.3, 0.4) is 0 Å². The second-order valence-electron chi connectivity index (χ2n) is 7.45. The lowest BCUT2D eigenvalue weighted by Crippen LogP contribution is -2.49. The molecule has 1 aliphatic heterocycles. The summed E-state index contributed by atoms with van der Waals surface area (Å²) in [7, 11) is 0. The van der Waals surface area contributed by atoms with E-state index in [4.69, 9.17) is 0 Å². The van der Waals surface area contributed by atoms with E-state index in [1.165, 1.54) is 12.1 Å². The number of aromatic nitrogens is 4. The minimum absolute atomic E-state index is 0.0736. The second kappa shape index (κ2) is 7.79. The largest absolute Gasteiger partial charge is 0.335 e. The average molecular weight is 404 g/mol. The first-order chi connectivity index (χ1) is 14.7. The molecule has 7 nitrogen and oxygen atoms in total. The highest BCUT2D eigenvalue weighted by molar-refractivity contribution is 5.93. The fourth-order valence-corrected chi connectivity index (χ4v) is 3.86. The van der Waals surface area contributed by atoms with Gasteiger partial charge in [0.05, 0.1) is 34.6 Å². The number of piperazine rings is 1. The van der Waals surface area contributed by atoms with Gasteiger partial charge in [0, 0.05) is 45.3 Å². The minimum Gasteiger partial charge on any atom is -0.335 e. The molecule has 1 fully saturated rings. The number of para-hydroxylation sites is 2. The zero-order valence-electron chi connectivity index (χ0n) is 16.4. The summed E-state index contributed by atoms with van der Waals surface area (Å²) in [5.74, 6) is -0.347. The molecule has 2 aromatic carbocycles. The smallest absolute Gasteiger partial charge is 0.274 e. The number of halogens is 1. The summed E-state index contributed by atoms with van der Waals surface area (Å²) in [6.07, 6.45) is 3.31. The van der Waals surface area contributed by atoms with Crippen LogP contribution in [-0.4, -0.2) is 67.9 Å². The molecular formula is C22H21FN6O. The van der Waals surface area contributed by atoms with Crippen molar-refractivity contribution in [3.05, 3.63) is 66.5 Å². The molecule has 0 spiro atoms. The van der Waals surface area contributed by atoms with Crippen molar-refractivity contribution in [1.29, 1.82) is 0 Å². The van der Waals surface area contributed by atoms with E-state index in [0.717, 1.165) is 42.7 Å². The number of imidazole rings is 1. The SMILES string of the molecule is O=C(c1cnc2ccccc2n1)N1CCN(CCn2cnc3cc(F)ccc32)CC1. The Morgan fingerprint density at radius 1 is 0.933 bits per heavy atom. The molecule has 0 radical (unpaired) electrons. The fourth-order valence-electron chi connectivity index (χ4n) is 3.86. The first kappa shape index (κ1) is 18.6. The number of carbonyl (C=O) groups excluding carboxylic acids is 1. The van der Waals surface area contributed by atoms with Crippen molar-refractivity contribution in [1.82, 2.24) is 29.3 Å². The van der Waals surface area contributed by atoms with Gasteiger partial charge < -0.3 is 9.47 Å². The summed E-state index contributed by atoms with van der Waals surface area (Å²) in [6.45, 7) is 4.53. The third-order valence-corrected chi connectivity index (χ3v) is 5.57. The molecule has 8 heteroatoms. The molecule has 2 aromatic heterocycles. The zero-order chi connectivity index (χ0) is 20.5. The highest BCUT2D eigenvalue weighted by atomic mass is 19.1. The first-order valence-corrected chi connectivity index (χ1v) is 10.0. The number of amides is 1. The average Bonchev–Trinajstić information content (AvgIpc) is 3.19. The van der Waals surface area contributed by atoms with Gasteiger partial charge in [0.15, 0.2) is 0 Å². The van der Waals surface area contributed by atoms with Crippen molar-refractivity contribution in [2.75, 3.05) is 32.7 Å². The molecule has 0 N–H and O–H groups in total. The van der Waals surface area contributed by atoms with Crippen LogP contribution in [0.4, 0.5) is 4.39 Å². The molecular weight excluding hydrogens is 383 g/mol. The number of hydrogen-bond acceptors (Lipinski definition) is 5. The summed E-state index contributed by atoms with van der Waals surface area (Å²) in [6, 6.07) is 12.2. The lowest BCUT2D eigenvalue weighted by Gasteiger charge is -2.34. The lowest BCUT2D eigenvalue weighted by molar-refractivity contribution is 0.0628. The molecule has 3 heterocycles. The van der Waals surface area contributed by atoms with Crippen LogP contribution in [-0.2, 0) is 6.54 Å².